The molecule has 2 atom stereocenters. The fourth-order valence-corrected chi connectivity index (χ4v) is 2.90. The number of pyridine rings is 2. The van der Waals surface area contributed by atoms with Gasteiger partial charge in [-0.05, 0) is 18.2 Å². The second-order valence-electron chi connectivity index (χ2n) is 5.93. The maximum Gasteiger partial charge on any atom is 0.222 e. The highest BCUT2D eigenvalue weighted by Gasteiger charge is 2.33. The summed E-state index contributed by atoms with van der Waals surface area (Å²) in [5, 5.41) is 11.2. The molecule has 1 fully saturated rings. The summed E-state index contributed by atoms with van der Waals surface area (Å²) in [6.07, 6.45) is 3.32. The third-order valence-corrected chi connectivity index (χ3v) is 4.17. The summed E-state index contributed by atoms with van der Waals surface area (Å²) in [6.45, 7) is 1.19. The molecule has 0 aromatic carbocycles. The number of hydrogen-bond donors (Lipinski definition) is 1. The predicted molar refractivity (Wildman–Crippen MR) is 84.6 cm³/mol. The highest BCUT2D eigenvalue weighted by Crippen LogP contribution is 2.30. The van der Waals surface area contributed by atoms with E-state index in [4.69, 9.17) is 0 Å². The molecule has 2 aromatic heterocycles. The molecule has 6 heteroatoms. The summed E-state index contributed by atoms with van der Waals surface area (Å²) < 4.78 is 0. The lowest BCUT2D eigenvalue weighted by Crippen LogP contribution is -2.28. The van der Waals surface area contributed by atoms with Gasteiger partial charge in [0.25, 0.3) is 0 Å². The number of rotatable bonds is 3. The molecule has 0 spiro atoms. The van der Waals surface area contributed by atoms with Gasteiger partial charge in [-0.15, -0.1) is 0 Å². The van der Waals surface area contributed by atoms with Crippen LogP contribution in [0.2, 0.25) is 0 Å². The minimum atomic E-state index is -0.496. The fraction of sp³-hybridized carbons (Fsp3) is 0.438. The molecular formula is C16H20N4O2. The van der Waals surface area contributed by atoms with E-state index < -0.39 is 6.10 Å². The summed E-state index contributed by atoms with van der Waals surface area (Å²) in [5.74, 6) is 0.00180. The van der Waals surface area contributed by atoms with Crippen LogP contribution in [0.3, 0.4) is 0 Å². The number of fused-ring (bicyclic) bond motifs is 1. The molecule has 1 saturated heterocycles. The van der Waals surface area contributed by atoms with Crippen molar-refractivity contribution in [2.75, 3.05) is 32.1 Å². The Morgan fingerprint density at radius 3 is 2.86 bits per heavy atom. The van der Waals surface area contributed by atoms with Crippen molar-refractivity contribution in [3.8, 4) is 0 Å². The van der Waals surface area contributed by atoms with Crippen molar-refractivity contribution < 1.29 is 9.90 Å². The number of carbonyl (C=O) groups excluding carboxylic acids is 1. The molecule has 0 saturated carbocycles. The summed E-state index contributed by atoms with van der Waals surface area (Å²) >= 11 is 0. The van der Waals surface area contributed by atoms with Crippen LogP contribution in [0.25, 0.3) is 11.0 Å². The fourth-order valence-electron chi connectivity index (χ4n) is 2.90. The van der Waals surface area contributed by atoms with E-state index in [1.54, 1.807) is 31.4 Å². The lowest BCUT2D eigenvalue weighted by atomic mass is 10.0. The van der Waals surface area contributed by atoms with Crippen LogP contribution in [-0.2, 0) is 4.79 Å². The van der Waals surface area contributed by atoms with E-state index in [1.807, 2.05) is 18.2 Å². The number of aliphatic hydroxyl groups is 1. The third kappa shape index (κ3) is 2.74. The van der Waals surface area contributed by atoms with E-state index in [1.165, 1.54) is 0 Å². The van der Waals surface area contributed by atoms with E-state index in [0.29, 0.717) is 25.2 Å². The van der Waals surface area contributed by atoms with Crippen molar-refractivity contribution in [3.63, 3.8) is 0 Å². The van der Waals surface area contributed by atoms with Crippen LogP contribution in [0.15, 0.2) is 30.6 Å². The average molecular weight is 300 g/mol. The van der Waals surface area contributed by atoms with E-state index in [0.717, 1.165) is 11.1 Å². The van der Waals surface area contributed by atoms with Crippen LogP contribution in [-0.4, -0.2) is 59.2 Å². The maximum absolute atomic E-state index is 11.9. The zero-order chi connectivity index (χ0) is 15.7. The molecule has 1 N–H and O–H groups in total. The number of hydrogen-bond acceptors (Lipinski definition) is 5. The number of aromatic nitrogens is 2. The Kier molecular flexibility index (Phi) is 3.94. The SMILES string of the molecule is CN(C)C(=O)C[C@@H]1CN(c2ccnc3ncccc23)C[C@H]1O. The third-order valence-electron chi connectivity index (χ3n) is 4.17. The van der Waals surface area contributed by atoms with Crippen LogP contribution in [0.1, 0.15) is 6.42 Å². The van der Waals surface area contributed by atoms with Crippen LogP contribution in [0.4, 0.5) is 5.69 Å². The molecule has 22 heavy (non-hydrogen) atoms. The van der Waals surface area contributed by atoms with Crippen LogP contribution in [0, 0.1) is 5.92 Å². The van der Waals surface area contributed by atoms with Crippen molar-refractivity contribution in [2.45, 2.75) is 12.5 Å². The Hall–Kier alpha value is -2.21. The molecular weight excluding hydrogens is 280 g/mol. The van der Waals surface area contributed by atoms with Gasteiger partial charge in [0.2, 0.25) is 5.91 Å². The largest absolute Gasteiger partial charge is 0.391 e. The van der Waals surface area contributed by atoms with Gasteiger partial charge in [0.1, 0.15) is 0 Å². The van der Waals surface area contributed by atoms with Gasteiger partial charge in [-0.3, -0.25) is 4.79 Å². The summed E-state index contributed by atoms with van der Waals surface area (Å²) in [4.78, 5) is 24.1. The monoisotopic (exact) mass is 300 g/mol. The number of β-amino-alcohol motifs (C(OH)–C–C–N with tert-alkyl or cyclic N) is 1. The number of carbonyl (C=O) groups is 1. The van der Waals surface area contributed by atoms with E-state index in [2.05, 4.69) is 14.9 Å². The standard InChI is InChI=1S/C16H20N4O2/c1-19(2)15(22)8-11-9-20(10-14(11)21)13-5-7-18-16-12(13)4-3-6-17-16/h3-7,11,14,21H,8-10H2,1-2H3/t11-,14-/m1/s1. The van der Waals surface area contributed by atoms with Crippen molar-refractivity contribution in [1.82, 2.24) is 14.9 Å². The number of aliphatic hydroxyl groups excluding tert-OH is 1. The lowest BCUT2D eigenvalue weighted by molar-refractivity contribution is -0.130. The van der Waals surface area contributed by atoms with Crippen molar-refractivity contribution in [1.29, 1.82) is 0 Å². The van der Waals surface area contributed by atoms with Crippen LogP contribution < -0.4 is 4.90 Å². The highest BCUT2D eigenvalue weighted by molar-refractivity contribution is 5.89. The molecule has 1 aliphatic rings. The molecule has 3 heterocycles. The molecule has 3 rings (SSSR count). The van der Waals surface area contributed by atoms with Crippen molar-refractivity contribution in [2.24, 2.45) is 5.92 Å². The van der Waals surface area contributed by atoms with Gasteiger partial charge >= 0.3 is 0 Å². The van der Waals surface area contributed by atoms with Gasteiger partial charge in [0, 0.05) is 63.0 Å². The van der Waals surface area contributed by atoms with E-state index in [9.17, 15) is 9.90 Å². The van der Waals surface area contributed by atoms with Crippen molar-refractivity contribution >= 4 is 22.6 Å². The van der Waals surface area contributed by atoms with Crippen molar-refractivity contribution in [3.05, 3.63) is 30.6 Å². The van der Waals surface area contributed by atoms with Gasteiger partial charge in [-0.1, -0.05) is 0 Å². The molecule has 0 unspecified atom stereocenters. The van der Waals surface area contributed by atoms with Gasteiger partial charge < -0.3 is 14.9 Å². The second kappa shape index (κ2) is 5.88. The highest BCUT2D eigenvalue weighted by atomic mass is 16.3. The van der Waals surface area contributed by atoms with Gasteiger partial charge in [-0.25, -0.2) is 9.97 Å². The Labute approximate surface area is 129 Å². The van der Waals surface area contributed by atoms with E-state index >= 15 is 0 Å². The molecule has 0 radical (unpaired) electrons. The first-order valence-corrected chi connectivity index (χ1v) is 7.39. The Balaban J connectivity index is 1.83. The van der Waals surface area contributed by atoms with Gasteiger partial charge in [-0.2, -0.15) is 0 Å². The summed E-state index contributed by atoms with van der Waals surface area (Å²) in [5.41, 5.74) is 1.71. The number of nitrogens with zero attached hydrogens (tertiary/aromatic N) is 4. The van der Waals surface area contributed by atoms with Crippen LogP contribution in [0.5, 0.6) is 0 Å². The molecule has 116 valence electrons. The average Bonchev–Trinajstić information content (AvgIpc) is 2.87. The minimum Gasteiger partial charge on any atom is -0.391 e. The first kappa shape index (κ1) is 14.7. The summed E-state index contributed by atoms with van der Waals surface area (Å²) in [6, 6.07) is 5.80. The summed E-state index contributed by atoms with van der Waals surface area (Å²) in [7, 11) is 3.48. The molecule has 2 aromatic rings. The quantitative estimate of drug-likeness (QED) is 0.912. The van der Waals surface area contributed by atoms with Gasteiger partial charge in [0.15, 0.2) is 5.65 Å². The molecule has 1 amide bonds. The number of anilines is 1. The zero-order valence-corrected chi connectivity index (χ0v) is 12.8. The topological polar surface area (TPSA) is 69.6 Å². The smallest absolute Gasteiger partial charge is 0.222 e. The Morgan fingerprint density at radius 1 is 1.32 bits per heavy atom. The maximum atomic E-state index is 11.9. The van der Waals surface area contributed by atoms with Crippen LogP contribution >= 0.6 is 0 Å². The predicted octanol–water partition coefficient (Wildman–Crippen LogP) is 0.905. The zero-order valence-electron chi connectivity index (χ0n) is 12.8. The normalized spacial score (nSPS) is 21.3. The first-order chi connectivity index (χ1) is 10.6. The Morgan fingerprint density at radius 2 is 2.09 bits per heavy atom. The lowest BCUT2D eigenvalue weighted by Gasteiger charge is -2.20. The number of amides is 1. The minimum absolute atomic E-state index is 0.0465. The second-order valence-corrected chi connectivity index (χ2v) is 5.93. The first-order valence-electron chi connectivity index (χ1n) is 7.39. The Bertz CT molecular complexity index is 683. The van der Waals surface area contributed by atoms with E-state index in [-0.39, 0.29) is 11.8 Å². The molecule has 1 aliphatic heterocycles. The van der Waals surface area contributed by atoms with Gasteiger partial charge in [0.05, 0.1) is 6.10 Å². The molecule has 0 bridgehead atoms. The molecule has 0 aliphatic carbocycles. The molecule has 6 nitrogen and oxygen atoms in total.